The Balaban J connectivity index is 1.83. The molecule has 2 aromatic heterocycles. The van der Waals surface area contributed by atoms with Gasteiger partial charge in [-0.1, -0.05) is 30.3 Å². The summed E-state index contributed by atoms with van der Waals surface area (Å²) < 4.78 is 5.52. The fourth-order valence-electron chi connectivity index (χ4n) is 1.55. The Hall–Kier alpha value is -1.73. The van der Waals surface area contributed by atoms with E-state index in [0.29, 0.717) is 33.2 Å². The van der Waals surface area contributed by atoms with Crippen LogP contribution in [0.2, 0.25) is 5.02 Å². The summed E-state index contributed by atoms with van der Waals surface area (Å²) in [5.41, 5.74) is 1.35. The summed E-state index contributed by atoms with van der Waals surface area (Å²) in [6.45, 7) is 2.04. The topological polar surface area (TPSA) is 79.6 Å². The summed E-state index contributed by atoms with van der Waals surface area (Å²) in [5.74, 6) is 1.41. The van der Waals surface area contributed by atoms with Gasteiger partial charge in [0.1, 0.15) is 5.52 Å². The van der Waals surface area contributed by atoms with Crippen LogP contribution in [0.1, 0.15) is 6.92 Å². The third-order valence-corrected chi connectivity index (χ3v) is 3.28. The lowest BCUT2D eigenvalue weighted by Gasteiger charge is -1.92. The molecule has 2 heterocycles. The van der Waals surface area contributed by atoms with Crippen molar-refractivity contribution in [3.8, 4) is 0 Å². The third-order valence-electron chi connectivity index (χ3n) is 2.31. The lowest BCUT2D eigenvalue weighted by molar-refractivity contribution is 0.622. The number of hydrogen-bond donors (Lipinski definition) is 2. The van der Waals surface area contributed by atoms with Crippen molar-refractivity contribution in [1.29, 1.82) is 0 Å². The minimum Gasteiger partial charge on any atom is -0.423 e. The van der Waals surface area contributed by atoms with E-state index in [1.54, 1.807) is 30.0 Å². The average molecular weight is 296 g/mol. The molecule has 0 fully saturated rings. The maximum atomic E-state index is 5.89. The first-order valence-corrected chi connectivity index (χ1v) is 6.99. The van der Waals surface area contributed by atoms with Crippen LogP contribution >= 0.6 is 23.4 Å². The van der Waals surface area contributed by atoms with Gasteiger partial charge in [-0.15, -0.1) is 5.10 Å². The van der Waals surface area contributed by atoms with Gasteiger partial charge >= 0.3 is 6.01 Å². The van der Waals surface area contributed by atoms with Gasteiger partial charge in [-0.2, -0.15) is 9.97 Å². The van der Waals surface area contributed by atoms with Gasteiger partial charge in [0.15, 0.2) is 5.58 Å². The molecule has 3 rings (SSSR count). The number of oxazole rings is 1. The molecule has 1 aromatic carbocycles. The molecule has 0 spiro atoms. The summed E-state index contributed by atoms with van der Waals surface area (Å²) in [4.78, 5) is 8.51. The molecular weight excluding hydrogens is 286 g/mol. The molecule has 0 aliphatic heterocycles. The van der Waals surface area contributed by atoms with Crippen molar-refractivity contribution in [2.24, 2.45) is 0 Å². The minimum atomic E-state index is 0.349. The summed E-state index contributed by atoms with van der Waals surface area (Å²) >= 11 is 7.44. The number of nitrogens with one attached hydrogen (secondary N) is 2. The molecule has 2 N–H and O–H groups in total. The van der Waals surface area contributed by atoms with Crippen LogP contribution in [0.4, 0.5) is 12.0 Å². The molecule has 0 saturated carbocycles. The van der Waals surface area contributed by atoms with E-state index in [1.807, 2.05) is 6.92 Å². The average Bonchev–Trinajstić information content (AvgIpc) is 2.96. The van der Waals surface area contributed by atoms with Gasteiger partial charge in [0, 0.05) is 5.02 Å². The molecule has 6 nitrogen and oxygen atoms in total. The Morgan fingerprint density at radius 2 is 2.32 bits per heavy atom. The van der Waals surface area contributed by atoms with Crippen LogP contribution in [0.15, 0.2) is 27.8 Å². The SMILES string of the molecule is CCSc1n[nH]c(Nc2nc3cc(Cl)ccc3o2)n1. The summed E-state index contributed by atoms with van der Waals surface area (Å²) in [7, 11) is 0. The highest BCUT2D eigenvalue weighted by Crippen LogP contribution is 2.24. The molecule has 0 aliphatic carbocycles. The standard InChI is InChI=1S/C11H10ClN5OS/c1-2-19-11-15-9(16-17-11)14-10-13-7-5-6(12)3-4-8(7)18-10/h3-5H,2H2,1H3,(H2,13,14,15,16,17). The molecule has 19 heavy (non-hydrogen) atoms. The Morgan fingerprint density at radius 1 is 1.42 bits per heavy atom. The molecule has 0 unspecified atom stereocenters. The van der Waals surface area contributed by atoms with Crippen molar-refractivity contribution < 1.29 is 4.42 Å². The second-order valence-corrected chi connectivity index (χ2v) is 5.32. The zero-order valence-electron chi connectivity index (χ0n) is 9.98. The van der Waals surface area contributed by atoms with Crippen molar-refractivity contribution in [3.63, 3.8) is 0 Å². The smallest absolute Gasteiger partial charge is 0.302 e. The molecule has 0 radical (unpaired) electrons. The van der Waals surface area contributed by atoms with Gasteiger partial charge in [-0.3, -0.25) is 5.32 Å². The Kier molecular flexibility index (Phi) is 3.31. The van der Waals surface area contributed by atoms with E-state index in [9.17, 15) is 0 Å². The summed E-state index contributed by atoms with van der Waals surface area (Å²) in [6, 6.07) is 5.61. The van der Waals surface area contributed by atoms with E-state index in [1.165, 1.54) is 0 Å². The van der Waals surface area contributed by atoms with Gasteiger partial charge in [0.2, 0.25) is 11.1 Å². The van der Waals surface area contributed by atoms with Crippen molar-refractivity contribution in [1.82, 2.24) is 20.2 Å². The normalized spacial score (nSPS) is 11.1. The number of thioether (sulfide) groups is 1. The van der Waals surface area contributed by atoms with E-state index in [2.05, 4.69) is 25.5 Å². The van der Waals surface area contributed by atoms with E-state index in [0.717, 1.165) is 5.75 Å². The van der Waals surface area contributed by atoms with Crippen molar-refractivity contribution >= 4 is 46.4 Å². The molecule has 3 aromatic rings. The molecule has 98 valence electrons. The number of benzene rings is 1. The van der Waals surface area contributed by atoms with E-state index in [4.69, 9.17) is 16.0 Å². The highest BCUT2D eigenvalue weighted by atomic mass is 35.5. The first kappa shape index (κ1) is 12.3. The van der Waals surface area contributed by atoms with E-state index in [-0.39, 0.29) is 0 Å². The van der Waals surface area contributed by atoms with Crippen molar-refractivity contribution in [2.45, 2.75) is 12.1 Å². The fraction of sp³-hybridized carbons (Fsp3) is 0.182. The lowest BCUT2D eigenvalue weighted by atomic mass is 10.3. The van der Waals surface area contributed by atoms with Crippen LogP contribution in [-0.4, -0.2) is 25.9 Å². The van der Waals surface area contributed by atoms with Crippen LogP contribution in [-0.2, 0) is 0 Å². The number of halogens is 1. The lowest BCUT2D eigenvalue weighted by Crippen LogP contribution is -1.92. The van der Waals surface area contributed by atoms with Crippen LogP contribution in [0.25, 0.3) is 11.1 Å². The number of anilines is 2. The number of fused-ring (bicyclic) bond motifs is 1. The Morgan fingerprint density at radius 3 is 3.16 bits per heavy atom. The number of rotatable bonds is 4. The largest absolute Gasteiger partial charge is 0.423 e. The number of hydrogen-bond acceptors (Lipinski definition) is 6. The zero-order chi connectivity index (χ0) is 13.2. The number of H-pyrrole nitrogens is 1. The Labute approximate surface area is 118 Å². The maximum absolute atomic E-state index is 5.89. The predicted molar refractivity (Wildman–Crippen MR) is 75.1 cm³/mol. The van der Waals surface area contributed by atoms with Gasteiger partial charge < -0.3 is 4.42 Å². The number of aromatic amines is 1. The van der Waals surface area contributed by atoms with E-state index < -0.39 is 0 Å². The highest BCUT2D eigenvalue weighted by molar-refractivity contribution is 7.99. The van der Waals surface area contributed by atoms with Crippen LogP contribution < -0.4 is 5.32 Å². The van der Waals surface area contributed by atoms with Gasteiger partial charge in [0.05, 0.1) is 0 Å². The summed E-state index contributed by atoms with van der Waals surface area (Å²) in [5, 5.41) is 11.1. The highest BCUT2D eigenvalue weighted by Gasteiger charge is 2.09. The maximum Gasteiger partial charge on any atom is 0.302 e. The number of nitrogens with zero attached hydrogens (tertiary/aromatic N) is 3. The first-order valence-electron chi connectivity index (χ1n) is 5.63. The molecule has 8 heteroatoms. The van der Waals surface area contributed by atoms with Crippen molar-refractivity contribution in [3.05, 3.63) is 23.2 Å². The van der Waals surface area contributed by atoms with Gasteiger partial charge in [-0.25, -0.2) is 5.10 Å². The zero-order valence-corrected chi connectivity index (χ0v) is 11.5. The monoisotopic (exact) mass is 295 g/mol. The quantitative estimate of drug-likeness (QED) is 0.718. The molecule has 0 aliphatic rings. The first-order chi connectivity index (χ1) is 9.24. The second kappa shape index (κ2) is 5.10. The second-order valence-electron chi connectivity index (χ2n) is 3.66. The molecule has 0 amide bonds. The molecule has 0 bridgehead atoms. The van der Waals surface area contributed by atoms with Gasteiger partial charge in [0.25, 0.3) is 0 Å². The summed E-state index contributed by atoms with van der Waals surface area (Å²) in [6.07, 6.45) is 0. The minimum absolute atomic E-state index is 0.349. The third kappa shape index (κ3) is 2.66. The Bertz CT molecular complexity index is 710. The van der Waals surface area contributed by atoms with Crippen LogP contribution in [0, 0.1) is 0 Å². The van der Waals surface area contributed by atoms with Crippen LogP contribution in [0.5, 0.6) is 0 Å². The molecule has 0 saturated heterocycles. The van der Waals surface area contributed by atoms with Crippen LogP contribution in [0.3, 0.4) is 0 Å². The van der Waals surface area contributed by atoms with Gasteiger partial charge in [-0.05, 0) is 24.0 Å². The van der Waals surface area contributed by atoms with Crippen molar-refractivity contribution in [2.75, 3.05) is 11.1 Å². The predicted octanol–water partition coefficient (Wildman–Crippen LogP) is 3.45. The molecular formula is C11H10ClN5OS. The molecule has 0 atom stereocenters. The number of aromatic nitrogens is 4. The fourth-order valence-corrected chi connectivity index (χ4v) is 2.24. The van der Waals surface area contributed by atoms with E-state index >= 15 is 0 Å².